The Labute approximate surface area is 126 Å². The molecule has 3 rings (SSSR count). The van der Waals surface area contributed by atoms with Crippen molar-refractivity contribution in [2.45, 2.75) is 11.1 Å². The molecule has 0 spiro atoms. The SMILES string of the molecule is CSc1sc(C)cc1C(=O)c1cccc2ccccc12. The van der Waals surface area contributed by atoms with E-state index in [-0.39, 0.29) is 5.78 Å². The Morgan fingerprint density at radius 2 is 1.80 bits per heavy atom. The fourth-order valence-electron chi connectivity index (χ4n) is 2.37. The van der Waals surface area contributed by atoms with Crippen molar-refractivity contribution in [3.8, 4) is 0 Å². The number of fused-ring (bicyclic) bond motifs is 1. The van der Waals surface area contributed by atoms with Gasteiger partial charge in [0, 0.05) is 16.0 Å². The number of hydrogen-bond donors (Lipinski definition) is 0. The summed E-state index contributed by atoms with van der Waals surface area (Å²) in [7, 11) is 0. The fraction of sp³-hybridized carbons (Fsp3) is 0.118. The number of aryl methyl sites for hydroxylation is 1. The van der Waals surface area contributed by atoms with E-state index in [0.717, 1.165) is 26.1 Å². The molecule has 0 aliphatic carbocycles. The van der Waals surface area contributed by atoms with E-state index < -0.39 is 0 Å². The highest BCUT2D eigenvalue weighted by Crippen LogP contribution is 2.33. The van der Waals surface area contributed by atoms with E-state index in [1.54, 1.807) is 23.1 Å². The van der Waals surface area contributed by atoms with Crippen LogP contribution in [0.25, 0.3) is 10.8 Å². The summed E-state index contributed by atoms with van der Waals surface area (Å²) in [5, 5.41) is 2.13. The minimum absolute atomic E-state index is 0.121. The number of benzene rings is 2. The molecule has 3 heteroatoms. The molecule has 20 heavy (non-hydrogen) atoms. The van der Waals surface area contributed by atoms with Crippen molar-refractivity contribution in [3.05, 3.63) is 64.5 Å². The number of ketones is 1. The van der Waals surface area contributed by atoms with E-state index in [2.05, 4.69) is 0 Å². The van der Waals surface area contributed by atoms with Crippen LogP contribution in [0.2, 0.25) is 0 Å². The van der Waals surface area contributed by atoms with Gasteiger partial charge < -0.3 is 0 Å². The summed E-state index contributed by atoms with van der Waals surface area (Å²) in [4.78, 5) is 14.0. The average molecular weight is 298 g/mol. The molecule has 0 atom stereocenters. The molecule has 3 aromatic rings. The van der Waals surface area contributed by atoms with Crippen molar-refractivity contribution >= 4 is 39.7 Å². The summed E-state index contributed by atoms with van der Waals surface area (Å²) < 4.78 is 1.10. The van der Waals surface area contributed by atoms with Crippen LogP contribution in [-0.4, -0.2) is 12.0 Å². The van der Waals surface area contributed by atoms with E-state index in [1.165, 1.54) is 4.88 Å². The van der Waals surface area contributed by atoms with Crippen LogP contribution in [-0.2, 0) is 0 Å². The molecule has 0 amide bonds. The zero-order chi connectivity index (χ0) is 14.1. The zero-order valence-corrected chi connectivity index (χ0v) is 13.0. The summed E-state index contributed by atoms with van der Waals surface area (Å²) in [6, 6.07) is 15.9. The smallest absolute Gasteiger partial charge is 0.195 e. The number of carbonyl (C=O) groups is 1. The molecular formula is C17H14OS2. The number of carbonyl (C=O) groups excluding carboxylic acids is 1. The Morgan fingerprint density at radius 3 is 2.60 bits per heavy atom. The number of rotatable bonds is 3. The molecule has 1 nitrogen and oxygen atoms in total. The summed E-state index contributed by atoms with van der Waals surface area (Å²) in [5.41, 5.74) is 1.62. The first-order valence-corrected chi connectivity index (χ1v) is 8.41. The molecule has 0 N–H and O–H groups in total. The van der Waals surface area contributed by atoms with Crippen LogP contribution < -0.4 is 0 Å². The van der Waals surface area contributed by atoms with E-state index >= 15 is 0 Å². The second-order valence-corrected chi connectivity index (χ2v) is 6.95. The molecule has 2 aromatic carbocycles. The Kier molecular flexibility index (Phi) is 3.64. The highest BCUT2D eigenvalue weighted by molar-refractivity contribution is 8.00. The highest BCUT2D eigenvalue weighted by atomic mass is 32.2. The summed E-state index contributed by atoms with van der Waals surface area (Å²) in [5.74, 6) is 0.121. The van der Waals surface area contributed by atoms with Crippen LogP contribution in [0, 0.1) is 6.92 Å². The van der Waals surface area contributed by atoms with Crippen LogP contribution in [0.3, 0.4) is 0 Å². The van der Waals surface area contributed by atoms with Gasteiger partial charge in [-0.15, -0.1) is 23.1 Å². The van der Waals surface area contributed by atoms with Crippen LogP contribution in [0.15, 0.2) is 52.7 Å². The van der Waals surface area contributed by atoms with Crippen molar-refractivity contribution in [1.29, 1.82) is 0 Å². The minimum atomic E-state index is 0.121. The minimum Gasteiger partial charge on any atom is -0.289 e. The van der Waals surface area contributed by atoms with E-state index in [0.29, 0.717) is 0 Å². The third kappa shape index (κ3) is 2.28. The predicted octanol–water partition coefficient (Wildman–Crippen LogP) is 5.16. The number of thioether (sulfide) groups is 1. The predicted molar refractivity (Wildman–Crippen MR) is 88.2 cm³/mol. The first-order valence-electron chi connectivity index (χ1n) is 6.37. The van der Waals surface area contributed by atoms with Gasteiger partial charge in [0.25, 0.3) is 0 Å². The lowest BCUT2D eigenvalue weighted by Crippen LogP contribution is -2.01. The quantitative estimate of drug-likeness (QED) is 0.490. The van der Waals surface area contributed by atoms with Gasteiger partial charge in [-0.2, -0.15) is 0 Å². The van der Waals surface area contributed by atoms with Gasteiger partial charge >= 0.3 is 0 Å². The van der Waals surface area contributed by atoms with Gasteiger partial charge in [0.1, 0.15) is 0 Å². The van der Waals surface area contributed by atoms with E-state index in [4.69, 9.17) is 0 Å². The molecule has 0 radical (unpaired) electrons. The zero-order valence-electron chi connectivity index (χ0n) is 11.3. The summed E-state index contributed by atoms with van der Waals surface area (Å²) >= 11 is 3.33. The Balaban J connectivity index is 2.17. The first-order chi connectivity index (χ1) is 9.70. The Morgan fingerprint density at radius 1 is 1.05 bits per heavy atom. The van der Waals surface area contributed by atoms with Crippen molar-refractivity contribution in [3.63, 3.8) is 0 Å². The van der Waals surface area contributed by atoms with E-state index in [1.807, 2.05) is 61.7 Å². The molecule has 0 bridgehead atoms. The third-order valence-corrected chi connectivity index (χ3v) is 5.47. The molecule has 0 saturated carbocycles. The van der Waals surface area contributed by atoms with Gasteiger partial charge in [-0.05, 0) is 30.0 Å². The van der Waals surface area contributed by atoms with Gasteiger partial charge in [-0.1, -0.05) is 42.5 Å². The largest absolute Gasteiger partial charge is 0.289 e. The van der Waals surface area contributed by atoms with E-state index in [9.17, 15) is 4.79 Å². The normalized spacial score (nSPS) is 10.9. The fourth-order valence-corrected chi connectivity index (χ4v) is 4.20. The first kappa shape index (κ1) is 13.4. The summed E-state index contributed by atoms with van der Waals surface area (Å²) in [6.07, 6.45) is 2.02. The van der Waals surface area contributed by atoms with Gasteiger partial charge in [0.15, 0.2) is 5.78 Å². The molecular weight excluding hydrogens is 284 g/mol. The lowest BCUT2D eigenvalue weighted by molar-refractivity contribution is 0.103. The van der Waals surface area contributed by atoms with Crippen molar-refractivity contribution in [2.75, 3.05) is 6.26 Å². The second kappa shape index (κ2) is 5.43. The average Bonchev–Trinajstić information content (AvgIpc) is 2.87. The number of thiophene rings is 1. The Bertz CT molecular complexity index is 781. The van der Waals surface area contributed by atoms with Gasteiger partial charge in [0.2, 0.25) is 0 Å². The monoisotopic (exact) mass is 298 g/mol. The maximum Gasteiger partial charge on any atom is 0.195 e. The molecule has 1 aromatic heterocycles. The van der Waals surface area contributed by atoms with Crippen LogP contribution in [0.5, 0.6) is 0 Å². The standard InChI is InChI=1S/C17H14OS2/c1-11-10-15(17(19-2)20-11)16(18)14-9-5-7-12-6-3-4-8-13(12)14/h3-10H,1-2H3. The topological polar surface area (TPSA) is 17.1 Å². The van der Waals surface area contributed by atoms with Gasteiger partial charge in [0.05, 0.1) is 4.21 Å². The molecule has 0 aliphatic heterocycles. The molecule has 0 saturated heterocycles. The van der Waals surface area contributed by atoms with Crippen LogP contribution in [0.4, 0.5) is 0 Å². The molecule has 0 fully saturated rings. The lowest BCUT2D eigenvalue weighted by atomic mass is 9.98. The van der Waals surface area contributed by atoms with Crippen molar-refractivity contribution in [1.82, 2.24) is 0 Å². The van der Waals surface area contributed by atoms with Crippen LogP contribution >= 0.6 is 23.1 Å². The molecule has 0 aliphatic rings. The number of hydrogen-bond acceptors (Lipinski definition) is 3. The molecule has 100 valence electrons. The highest BCUT2D eigenvalue weighted by Gasteiger charge is 2.17. The maximum absolute atomic E-state index is 12.8. The summed E-state index contributed by atoms with van der Waals surface area (Å²) in [6.45, 7) is 2.05. The van der Waals surface area contributed by atoms with Crippen molar-refractivity contribution in [2.24, 2.45) is 0 Å². The molecule has 1 heterocycles. The maximum atomic E-state index is 12.8. The van der Waals surface area contributed by atoms with Gasteiger partial charge in [-0.25, -0.2) is 0 Å². The second-order valence-electron chi connectivity index (χ2n) is 4.62. The van der Waals surface area contributed by atoms with Crippen LogP contribution in [0.1, 0.15) is 20.8 Å². The van der Waals surface area contributed by atoms with Crippen molar-refractivity contribution < 1.29 is 4.79 Å². The molecule has 0 unspecified atom stereocenters. The van der Waals surface area contributed by atoms with Gasteiger partial charge in [-0.3, -0.25) is 4.79 Å². The Hall–Kier alpha value is -1.58. The lowest BCUT2D eigenvalue weighted by Gasteiger charge is -2.05. The third-order valence-electron chi connectivity index (χ3n) is 3.29.